The summed E-state index contributed by atoms with van der Waals surface area (Å²) in [4.78, 5) is 10.4. The summed E-state index contributed by atoms with van der Waals surface area (Å²) in [6.45, 7) is 1.42. The lowest BCUT2D eigenvalue weighted by Gasteiger charge is -2.04. The fourth-order valence-electron chi connectivity index (χ4n) is 1.67. The average molecular weight is 268 g/mol. The molecule has 0 aliphatic carbocycles. The molecule has 2 rings (SSSR count). The van der Waals surface area contributed by atoms with Crippen LogP contribution in [-0.2, 0) is 6.61 Å². The third-order valence-corrected chi connectivity index (χ3v) is 2.97. The van der Waals surface area contributed by atoms with Gasteiger partial charge in [0.15, 0.2) is 0 Å². The van der Waals surface area contributed by atoms with Gasteiger partial charge >= 0.3 is 0 Å². The Labute approximate surface area is 108 Å². The summed E-state index contributed by atoms with van der Waals surface area (Å²) < 4.78 is 1.26. The van der Waals surface area contributed by atoms with Gasteiger partial charge in [-0.3, -0.25) is 10.1 Å². The van der Waals surface area contributed by atoms with E-state index in [4.69, 9.17) is 16.7 Å². The molecule has 0 aliphatic heterocycles. The SMILES string of the molecule is Cc1nn(-c2ccccc2[N+](=O)[O-])c(Cl)c1CO. The maximum absolute atomic E-state index is 10.9. The molecule has 0 atom stereocenters. The summed E-state index contributed by atoms with van der Waals surface area (Å²) in [5, 5.41) is 24.4. The number of nitro benzene ring substituents is 1. The second kappa shape index (κ2) is 4.75. The minimum Gasteiger partial charge on any atom is -0.391 e. The zero-order chi connectivity index (χ0) is 13.3. The first-order valence-electron chi connectivity index (χ1n) is 5.15. The van der Waals surface area contributed by atoms with Gasteiger partial charge in [0.2, 0.25) is 0 Å². The van der Waals surface area contributed by atoms with Gasteiger partial charge in [0.25, 0.3) is 5.69 Å². The molecule has 0 saturated carbocycles. The lowest BCUT2D eigenvalue weighted by atomic mass is 10.2. The molecule has 1 heterocycles. The van der Waals surface area contributed by atoms with Gasteiger partial charge < -0.3 is 5.11 Å². The van der Waals surface area contributed by atoms with Crippen LogP contribution in [0.25, 0.3) is 5.69 Å². The monoisotopic (exact) mass is 267 g/mol. The molecular formula is C11H10ClN3O3. The van der Waals surface area contributed by atoms with Gasteiger partial charge in [0.05, 0.1) is 17.2 Å². The number of aryl methyl sites for hydroxylation is 1. The molecule has 0 amide bonds. The standard InChI is InChI=1S/C11H10ClN3O3/c1-7-8(6-16)11(12)14(13-7)9-4-2-3-5-10(9)15(17)18/h2-5,16H,6H2,1H3. The number of aliphatic hydroxyl groups excluding tert-OH is 1. The third-order valence-electron chi connectivity index (χ3n) is 2.59. The average Bonchev–Trinajstić information content (AvgIpc) is 2.64. The molecule has 1 aromatic carbocycles. The Morgan fingerprint density at radius 3 is 2.72 bits per heavy atom. The van der Waals surface area contributed by atoms with Gasteiger partial charge in [-0.15, -0.1) is 0 Å². The van der Waals surface area contributed by atoms with Crippen molar-refractivity contribution in [2.75, 3.05) is 0 Å². The molecule has 0 radical (unpaired) electrons. The topological polar surface area (TPSA) is 81.2 Å². The van der Waals surface area contributed by atoms with Crippen LogP contribution in [0, 0.1) is 17.0 Å². The fraction of sp³-hybridized carbons (Fsp3) is 0.182. The second-order valence-electron chi connectivity index (χ2n) is 3.67. The van der Waals surface area contributed by atoms with Crippen LogP contribution < -0.4 is 0 Å². The maximum atomic E-state index is 10.9. The van der Waals surface area contributed by atoms with E-state index in [0.29, 0.717) is 11.3 Å². The van der Waals surface area contributed by atoms with Crippen LogP contribution in [0.3, 0.4) is 0 Å². The minimum atomic E-state index is -0.499. The van der Waals surface area contributed by atoms with Crippen LogP contribution in [0.4, 0.5) is 5.69 Å². The Balaban J connectivity index is 2.66. The van der Waals surface area contributed by atoms with Crippen LogP contribution >= 0.6 is 11.6 Å². The van der Waals surface area contributed by atoms with Gasteiger partial charge in [-0.25, -0.2) is 4.68 Å². The number of aliphatic hydroxyl groups is 1. The highest BCUT2D eigenvalue weighted by molar-refractivity contribution is 6.30. The molecule has 1 aromatic heterocycles. The number of nitro groups is 1. The van der Waals surface area contributed by atoms with Crippen molar-refractivity contribution >= 4 is 17.3 Å². The molecule has 94 valence electrons. The molecule has 0 spiro atoms. The van der Waals surface area contributed by atoms with Crippen LogP contribution in [0.15, 0.2) is 24.3 Å². The number of rotatable bonds is 3. The van der Waals surface area contributed by atoms with E-state index >= 15 is 0 Å². The minimum absolute atomic E-state index is 0.0913. The summed E-state index contributed by atoms with van der Waals surface area (Å²) in [5.74, 6) is 0. The number of halogens is 1. The van der Waals surface area contributed by atoms with Crippen LogP contribution in [0.1, 0.15) is 11.3 Å². The zero-order valence-electron chi connectivity index (χ0n) is 9.50. The van der Waals surface area contributed by atoms with Crippen LogP contribution in [-0.4, -0.2) is 19.8 Å². The van der Waals surface area contributed by atoms with E-state index in [1.54, 1.807) is 25.1 Å². The van der Waals surface area contributed by atoms with Gasteiger partial charge in [0.1, 0.15) is 10.8 Å². The smallest absolute Gasteiger partial charge is 0.294 e. The van der Waals surface area contributed by atoms with Crippen molar-refractivity contribution in [3.63, 3.8) is 0 Å². The fourth-order valence-corrected chi connectivity index (χ4v) is 1.99. The summed E-state index contributed by atoms with van der Waals surface area (Å²) in [7, 11) is 0. The van der Waals surface area contributed by atoms with Gasteiger partial charge in [0, 0.05) is 11.6 Å². The largest absolute Gasteiger partial charge is 0.391 e. The molecule has 0 saturated heterocycles. The highest BCUT2D eigenvalue weighted by Crippen LogP contribution is 2.28. The second-order valence-corrected chi connectivity index (χ2v) is 4.03. The molecule has 7 heteroatoms. The van der Waals surface area contributed by atoms with E-state index in [9.17, 15) is 10.1 Å². The van der Waals surface area contributed by atoms with Crippen molar-refractivity contribution in [1.29, 1.82) is 0 Å². The maximum Gasteiger partial charge on any atom is 0.294 e. The molecule has 0 fully saturated rings. The lowest BCUT2D eigenvalue weighted by molar-refractivity contribution is -0.384. The van der Waals surface area contributed by atoms with E-state index in [-0.39, 0.29) is 23.1 Å². The molecule has 18 heavy (non-hydrogen) atoms. The molecule has 2 aromatic rings. The van der Waals surface area contributed by atoms with Crippen molar-refractivity contribution < 1.29 is 10.0 Å². The van der Waals surface area contributed by atoms with Crippen molar-refractivity contribution in [3.05, 3.63) is 50.8 Å². The van der Waals surface area contributed by atoms with E-state index in [2.05, 4.69) is 5.10 Å². The molecule has 0 bridgehead atoms. The lowest BCUT2D eigenvalue weighted by Crippen LogP contribution is -2.01. The summed E-state index contributed by atoms with van der Waals surface area (Å²) in [5.41, 5.74) is 1.19. The van der Waals surface area contributed by atoms with E-state index in [0.717, 1.165) is 0 Å². The predicted molar refractivity (Wildman–Crippen MR) is 65.9 cm³/mol. The van der Waals surface area contributed by atoms with E-state index in [1.807, 2.05) is 0 Å². The van der Waals surface area contributed by atoms with Gasteiger partial charge in [-0.05, 0) is 13.0 Å². The van der Waals surface area contributed by atoms with E-state index < -0.39 is 4.92 Å². The molecule has 6 nitrogen and oxygen atoms in total. The number of hydrogen-bond donors (Lipinski definition) is 1. The first kappa shape index (κ1) is 12.5. The highest BCUT2D eigenvalue weighted by atomic mass is 35.5. The molecule has 0 unspecified atom stereocenters. The van der Waals surface area contributed by atoms with Crippen molar-refractivity contribution in [2.45, 2.75) is 13.5 Å². The van der Waals surface area contributed by atoms with Crippen molar-refractivity contribution in [3.8, 4) is 5.69 Å². The quantitative estimate of drug-likeness (QED) is 0.683. The summed E-state index contributed by atoms with van der Waals surface area (Å²) >= 11 is 6.06. The van der Waals surface area contributed by atoms with Crippen LogP contribution in [0.5, 0.6) is 0 Å². The Bertz CT molecular complexity index is 610. The Morgan fingerprint density at radius 2 is 2.17 bits per heavy atom. The third kappa shape index (κ3) is 1.96. The van der Waals surface area contributed by atoms with E-state index in [1.165, 1.54) is 10.7 Å². The summed E-state index contributed by atoms with van der Waals surface area (Å²) in [6, 6.07) is 6.16. The zero-order valence-corrected chi connectivity index (χ0v) is 10.3. The Morgan fingerprint density at radius 1 is 1.50 bits per heavy atom. The number of nitrogens with zero attached hydrogens (tertiary/aromatic N) is 3. The van der Waals surface area contributed by atoms with Crippen molar-refractivity contribution in [1.82, 2.24) is 9.78 Å². The number of benzene rings is 1. The normalized spacial score (nSPS) is 10.6. The van der Waals surface area contributed by atoms with Crippen molar-refractivity contribution in [2.24, 2.45) is 0 Å². The first-order valence-corrected chi connectivity index (χ1v) is 5.52. The predicted octanol–water partition coefficient (Wildman–Crippen LogP) is 2.23. The first-order chi connectivity index (χ1) is 8.56. The molecule has 1 N–H and O–H groups in total. The summed E-state index contributed by atoms with van der Waals surface area (Å²) in [6.07, 6.45) is 0. The van der Waals surface area contributed by atoms with Crippen LogP contribution in [0.2, 0.25) is 5.15 Å². The number of hydrogen-bond acceptors (Lipinski definition) is 4. The highest BCUT2D eigenvalue weighted by Gasteiger charge is 2.20. The van der Waals surface area contributed by atoms with Gasteiger partial charge in [-0.2, -0.15) is 5.10 Å². The Kier molecular flexibility index (Phi) is 3.31. The Hall–Kier alpha value is -1.92. The number of aromatic nitrogens is 2. The van der Waals surface area contributed by atoms with Gasteiger partial charge in [-0.1, -0.05) is 23.7 Å². The molecule has 0 aliphatic rings. The molecular weight excluding hydrogens is 258 g/mol. The number of para-hydroxylation sites is 2.